The Morgan fingerprint density at radius 3 is 2.74 bits per heavy atom. The molecule has 216 valence electrons. The number of para-hydroxylation sites is 1. The quantitative estimate of drug-likeness (QED) is 0.185. The molecule has 0 bridgehead atoms. The summed E-state index contributed by atoms with van der Waals surface area (Å²) in [5.74, 6) is 1.19. The van der Waals surface area contributed by atoms with Crippen molar-refractivity contribution in [1.29, 1.82) is 0 Å². The van der Waals surface area contributed by atoms with Crippen LogP contribution in [0.4, 0.5) is 5.00 Å². The van der Waals surface area contributed by atoms with Gasteiger partial charge in [-0.15, -0.1) is 11.3 Å². The van der Waals surface area contributed by atoms with E-state index in [2.05, 4.69) is 49.0 Å². The number of amides is 1. The van der Waals surface area contributed by atoms with E-state index in [9.17, 15) is 4.79 Å². The van der Waals surface area contributed by atoms with Gasteiger partial charge in [0.15, 0.2) is 0 Å². The predicted octanol–water partition coefficient (Wildman–Crippen LogP) is 9.48. The number of carbonyl (C=O) groups is 1. The summed E-state index contributed by atoms with van der Waals surface area (Å²) in [7, 11) is 0. The zero-order valence-corrected chi connectivity index (χ0v) is 26.2. The second-order valence-corrected chi connectivity index (χ2v) is 13.9. The number of rotatable bonds is 7. The van der Waals surface area contributed by atoms with Crippen molar-refractivity contribution in [3.8, 4) is 0 Å². The number of aromatic nitrogens is 1. The molecule has 3 heterocycles. The van der Waals surface area contributed by atoms with E-state index in [0.717, 1.165) is 57.6 Å². The molecular formula is C34H33Cl2N3O2S. The Kier molecular flexibility index (Phi) is 8.05. The third kappa shape index (κ3) is 5.94. The number of fused-ring (bicyclic) bond motifs is 2. The lowest BCUT2D eigenvalue weighted by molar-refractivity contribution is 0.0947. The van der Waals surface area contributed by atoms with Crippen LogP contribution < -0.4 is 5.32 Å². The monoisotopic (exact) mass is 617 g/mol. The minimum Gasteiger partial charge on any atom is -0.467 e. The molecule has 5 nitrogen and oxygen atoms in total. The second-order valence-electron chi connectivity index (χ2n) is 12.0. The fourth-order valence-corrected chi connectivity index (χ4v) is 7.37. The minimum absolute atomic E-state index is 0.104. The summed E-state index contributed by atoms with van der Waals surface area (Å²) in [4.78, 5) is 19.9. The number of nitrogens with one attached hydrogen (secondary N) is 1. The highest BCUT2D eigenvalue weighted by Crippen LogP contribution is 2.45. The van der Waals surface area contributed by atoms with E-state index in [1.165, 1.54) is 4.88 Å². The van der Waals surface area contributed by atoms with Crippen LogP contribution in [0.15, 0.2) is 76.5 Å². The van der Waals surface area contributed by atoms with E-state index in [1.54, 1.807) is 17.6 Å². The highest BCUT2D eigenvalue weighted by atomic mass is 35.5. The first-order valence-corrected chi connectivity index (χ1v) is 15.8. The third-order valence-electron chi connectivity index (χ3n) is 8.18. The van der Waals surface area contributed by atoms with Crippen LogP contribution in [0.25, 0.3) is 10.9 Å². The van der Waals surface area contributed by atoms with Crippen molar-refractivity contribution in [2.75, 3.05) is 0 Å². The fourth-order valence-electron chi connectivity index (χ4n) is 5.78. The summed E-state index contributed by atoms with van der Waals surface area (Å²) in [5.41, 5.74) is 5.20. The maximum absolute atomic E-state index is 13.6. The summed E-state index contributed by atoms with van der Waals surface area (Å²) >= 11 is 14.1. The van der Waals surface area contributed by atoms with E-state index in [0.29, 0.717) is 34.6 Å². The Morgan fingerprint density at radius 2 is 1.98 bits per heavy atom. The van der Waals surface area contributed by atoms with Crippen molar-refractivity contribution in [2.45, 2.75) is 53.1 Å². The minimum atomic E-state index is -0.104. The number of halogens is 2. The van der Waals surface area contributed by atoms with Gasteiger partial charge < -0.3 is 14.3 Å². The summed E-state index contributed by atoms with van der Waals surface area (Å²) in [6, 6.07) is 17.7. The molecule has 0 saturated heterocycles. The molecule has 42 heavy (non-hydrogen) atoms. The third-order valence-corrected chi connectivity index (χ3v) is 10.1. The van der Waals surface area contributed by atoms with Gasteiger partial charge in [0.2, 0.25) is 0 Å². The first kappa shape index (κ1) is 28.8. The van der Waals surface area contributed by atoms with Gasteiger partial charge in [-0.25, -0.2) is 4.99 Å². The highest BCUT2D eigenvalue weighted by Gasteiger charge is 2.33. The molecule has 6 rings (SSSR count). The summed E-state index contributed by atoms with van der Waals surface area (Å²) in [6.07, 6.45) is 8.55. The standard InChI is InChI=1S/C34H33Cl2N3O2S/c1-34(2,3)23-11-12-26-30(16-23)42-33(31(26)32(40)37-18-24-7-6-14-41-24)38-17-22-20-39(29-9-5-4-8-25(22)29)19-21-10-13-27(35)28(36)15-21/h4-10,13-15,17,20,23H,11-12,16,18-19H2,1-3H3,(H,37,40)/t23-/m1/s1. The van der Waals surface area contributed by atoms with Gasteiger partial charge in [-0.2, -0.15) is 0 Å². The molecule has 0 fully saturated rings. The lowest BCUT2D eigenvalue weighted by atomic mass is 9.72. The predicted molar refractivity (Wildman–Crippen MR) is 174 cm³/mol. The number of aliphatic imine (C=N–C) groups is 1. The average Bonchev–Trinajstić information content (AvgIpc) is 3.69. The molecule has 0 radical (unpaired) electrons. The molecule has 0 spiro atoms. The Labute approximate surface area is 260 Å². The largest absolute Gasteiger partial charge is 0.467 e. The van der Waals surface area contributed by atoms with Crippen LogP contribution in [-0.4, -0.2) is 16.7 Å². The SMILES string of the molecule is CC(C)(C)[C@@H]1CCc2c(sc(N=Cc3cn(Cc4ccc(Cl)c(Cl)c4)c4ccccc34)c2C(=O)NCc2ccco2)C1. The highest BCUT2D eigenvalue weighted by molar-refractivity contribution is 7.16. The number of hydrogen-bond acceptors (Lipinski definition) is 4. The normalized spacial score (nSPS) is 15.4. The Bertz CT molecular complexity index is 1780. The smallest absolute Gasteiger partial charge is 0.255 e. The molecule has 3 aromatic heterocycles. The number of carbonyl (C=O) groups excluding carboxylic acids is 1. The number of thiophene rings is 1. The van der Waals surface area contributed by atoms with Crippen LogP contribution in [0.3, 0.4) is 0 Å². The molecule has 0 aliphatic heterocycles. The van der Waals surface area contributed by atoms with Crippen LogP contribution in [0, 0.1) is 11.3 Å². The zero-order chi connectivity index (χ0) is 29.4. The molecule has 1 aliphatic rings. The molecular weight excluding hydrogens is 585 g/mol. The van der Waals surface area contributed by atoms with Gasteiger partial charge in [-0.1, -0.05) is 68.2 Å². The van der Waals surface area contributed by atoms with Gasteiger partial charge in [-0.3, -0.25) is 4.79 Å². The van der Waals surface area contributed by atoms with Crippen LogP contribution in [0.2, 0.25) is 10.0 Å². The average molecular weight is 619 g/mol. The van der Waals surface area contributed by atoms with Crippen LogP contribution in [0.5, 0.6) is 0 Å². The Morgan fingerprint density at radius 1 is 1.14 bits per heavy atom. The Balaban J connectivity index is 1.35. The van der Waals surface area contributed by atoms with Crippen LogP contribution in [-0.2, 0) is 25.9 Å². The summed E-state index contributed by atoms with van der Waals surface area (Å²) < 4.78 is 7.64. The summed E-state index contributed by atoms with van der Waals surface area (Å²) in [6.45, 7) is 7.90. The topological polar surface area (TPSA) is 59.5 Å². The number of furan rings is 1. The molecule has 1 aliphatic carbocycles. The first-order chi connectivity index (χ1) is 20.2. The molecule has 1 N–H and O–H groups in total. The van der Waals surface area contributed by atoms with Crippen molar-refractivity contribution in [2.24, 2.45) is 16.3 Å². The number of benzene rings is 2. The lowest BCUT2D eigenvalue weighted by Crippen LogP contribution is -2.28. The maximum atomic E-state index is 13.6. The van der Waals surface area contributed by atoms with Gasteiger partial charge >= 0.3 is 0 Å². The van der Waals surface area contributed by atoms with Crippen molar-refractivity contribution in [1.82, 2.24) is 9.88 Å². The lowest BCUT2D eigenvalue weighted by Gasteiger charge is -2.33. The van der Waals surface area contributed by atoms with Crippen LogP contribution >= 0.6 is 34.5 Å². The molecule has 1 amide bonds. The van der Waals surface area contributed by atoms with E-state index < -0.39 is 0 Å². The molecule has 1 atom stereocenters. The van der Waals surface area contributed by atoms with E-state index in [-0.39, 0.29) is 11.3 Å². The molecule has 8 heteroatoms. The second kappa shape index (κ2) is 11.8. The van der Waals surface area contributed by atoms with Gasteiger partial charge in [-0.05, 0) is 72.1 Å². The number of hydrogen-bond donors (Lipinski definition) is 1. The first-order valence-electron chi connectivity index (χ1n) is 14.2. The number of nitrogens with zero attached hydrogens (tertiary/aromatic N) is 2. The zero-order valence-electron chi connectivity index (χ0n) is 23.9. The van der Waals surface area contributed by atoms with Gasteiger partial charge in [0, 0.05) is 40.3 Å². The molecule has 0 unspecified atom stereocenters. The van der Waals surface area contributed by atoms with E-state index >= 15 is 0 Å². The Hall–Kier alpha value is -3.32. The molecule has 2 aromatic carbocycles. The maximum Gasteiger partial charge on any atom is 0.255 e. The molecule has 5 aromatic rings. The van der Waals surface area contributed by atoms with E-state index in [4.69, 9.17) is 32.6 Å². The van der Waals surface area contributed by atoms with Gasteiger partial charge in [0.25, 0.3) is 5.91 Å². The van der Waals surface area contributed by atoms with E-state index in [1.807, 2.05) is 48.7 Å². The molecule has 0 saturated carbocycles. The fraction of sp³-hybridized carbons (Fsp3) is 0.294. The van der Waals surface area contributed by atoms with Crippen molar-refractivity contribution in [3.05, 3.63) is 110 Å². The van der Waals surface area contributed by atoms with Gasteiger partial charge in [0.05, 0.1) is 28.4 Å². The van der Waals surface area contributed by atoms with Crippen molar-refractivity contribution in [3.63, 3.8) is 0 Å². The van der Waals surface area contributed by atoms with Gasteiger partial charge in [0.1, 0.15) is 10.8 Å². The van der Waals surface area contributed by atoms with Crippen molar-refractivity contribution >= 4 is 62.6 Å². The van der Waals surface area contributed by atoms with Crippen LogP contribution in [0.1, 0.15) is 64.9 Å². The summed E-state index contributed by atoms with van der Waals surface area (Å²) in [5, 5.41) is 6.00. The van der Waals surface area contributed by atoms with Crippen molar-refractivity contribution < 1.29 is 9.21 Å².